The van der Waals surface area contributed by atoms with Gasteiger partial charge in [-0.25, -0.2) is 0 Å². The highest BCUT2D eigenvalue weighted by Crippen LogP contribution is 2.26. The van der Waals surface area contributed by atoms with E-state index in [1.165, 1.54) is 0 Å². The fourth-order valence-corrected chi connectivity index (χ4v) is 1.10. The molecule has 0 fully saturated rings. The summed E-state index contributed by atoms with van der Waals surface area (Å²) in [6.07, 6.45) is -5.45. The van der Waals surface area contributed by atoms with Gasteiger partial charge in [0.15, 0.2) is 0 Å². The zero-order chi connectivity index (χ0) is 10.9. The third kappa shape index (κ3) is 2.65. The molecule has 3 nitrogen and oxygen atoms in total. The predicted molar refractivity (Wildman–Crippen MR) is 44.1 cm³/mol. The van der Waals surface area contributed by atoms with Crippen molar-refractivity contribution in [2.75, 3.05) is 0 Å². The summed E-state index contributed by atoms with van der Waals surface area (Å²) in [5, 5.41) is 9.19. The molecule has 0 amide bonds. The molecule has 0 aliphatic heterocycles. The predicted octanol–water partition coefficient (Wildman–Crippen LogP) is 2.34. The number of halogens is 3. The van der Waals surface area contributed by atoms with Crippen molar-refractivity contribution in [3.8, 4) is 5.88 Å². The lowest BCUT2D eigenvalue weighted by Crippen LogP contribution is -2.12. The monoisotopic (exact) mass is 208 g/mol. The van der Waals surface area contributed by atoms with E-state index in [0.717, 1.165) is 0 Å². The first kappa shape index (κ1) is 10.9. The number of nitrogens with zero attached hydrogens (tertiary/aromatic N) is 1. The molecule has 2 N–H and O–H groups in total. The molecule has 14 heavy (non-hydrogen) atoms. The molecule has 0 bridgehead atoms. The van der Waals surface area contributed by atoms with Crippen molar-refractivity contribution in [1.29, 1.82) is 0 Å². The number of aromatic nitrogens is 2. The van der Waals surface area contributed by atoms with Crippen LogP contribution >= 0.6 is 0 Å². The fraction of sp³-hybridized carbons (Fsp3) is 0.625. The summed E-state index contributed by atoms with van der Waals surface area (Å²) in [6, 6.07) is 0. The molecule has 1 aromatic rings. The van der Waals surface area contributed by atoms with Gasteiger partial charge >= 0.3 is 6.18 Å². The number of rotatable bonds is 2. The Morgan fingerprint density at radius 3 is 2.36 bits per heavy atom. The van der Waals surface area contributed by atoms with E-state index in [9.17, 15) is 18.3 Å². The van der Waals surface area contributed by atoms with Gasteiger partial charge in [-0.3, -0.25) is 0 Å². The normalized spacial score (nSPS) is 12.4. The Labute approximate surface area is 79.0 Å². The van der Waals surface area contributed by atoms with Crippen LogP contribution < -0.4 is 0 Å². The van der Waals surface area contributed by atoms with E-state index in [2.05, 4.69) is 9.97 Å². The molecular formula is C8H11F3N2O. The van der Waals surface area contributed by atoms with Gasteiger partial charge in [0.25, 0.3) is 0 Å². The van der Waals surface area contributed by atoms with Crippen LogP contribution in [0.4, 0.5) is 13.2 Å². The molecule has 0 saturated carbocycles. The molecule has 0 saturated heterocycles. The van der Waals surface area contributed by atoms with Gasteiger partial charge in [0, 0.05) is 0 Å². The first-order valence-electron chi connectivity index (χ1n) is 4.14. The third-order valence-corrected chi connectivity index (χ3v) is 1.71. The summed E-state index contributed by atoms with van der Waals surface area (Å²) in [7, 11) is 0. The maximum Gasteiger partial charge on any atom is 0.396 e. The van der Waals surface area contributed by atoms with Crippen molar-refractivity contribution in [3.05, 3.63) is 11.5 Å². The molecule has 1 aromatic heterocycles. The van der Waals surface area contributed by atoms with E-state index >= 15 is 0 Å². The van der Waals surface area contributed by atoms with Crippen LogP contribution in [0.1, 0.15) is 31.3 Å². The summed E-state index contributed by atoms with van der Waals surface area (Å²) < 4.78 is 35.8. The number of nitrogens with one attached hydrogen (secondary N) is 1. The SMILES string of the molecule is CC(C)c1[nH]c(CC(F)(F)F)nc1O. The molecule has 1 heterocycles. The lowest BCUT2D eigenvalue weighted by Gasteiger charge is -2.02. The first-order valence-corrected chi connectivity index (χ1v) is 4.14. The van der Waals surface area contributed by atoms with Gasteiger partial charge in [0.05, 0.1) is 5.69 Å². The Bertz CT molecular complexity index is 317. The number of hydrogen-bond donors (Lipinski definition) is 2. The number of alkyl halides is 3. The number of imidazole rings is 1. The minimum atomic E-state index is -4.31. The Morgan fingerprint density at radius 2 is 2.00 bits per heavy atom. The van der Waals surface area contributed by atoms with Crippen molar-refractivity contribution < 1.29 is 18.3 Å². The van der Waals surface area contributed by atoms with E-state index in [1.54, 1.807) is 13.8 Å². The van der Waals surface area contributed by atoms with Gasteiger partial charge < -0.3 is 10.1 Å². The van der Waals surface area contributed by atoms with E-state index in [1.807, 2.05) is 0 Å². The van der Waals surface area contributed by atoms with Crippen LogP contribution in [-0.2, 0) is 6.42 Å². The fourth-order valence-electron chi connectivity index (χ4n) is 1.10. The quantitative estimate of drug-likeness (QED) is 0.783. The summed E-state index contributed by atoms with van der Waals surface area (Å²) in [6.45, 7) is 3.51. The molecule has 0 unspecified atom stereocenters. The molecule has 1 rings (SSSR count). The molecule has 0 atom stereocenters. The highest BCUT2D eigenvalue weighted by Gasteiger charge is 2.30. The van der Waals surface area contributed by atoms with Gasteiger partial charge in [-0.05, 0) is 5.92 Å². The van der Waals surface area contributed by atoms with Gasteiger partial charge in [-0.1, -0.05) is 13.8 Å². The average molecular weight is 208 g/mol. The zero-order valence-electron chi connectivity index (χ0n) is 7.81. The highest BCUT2D eigenvalue weighted by molar-refractivity contribution is 5.22. The lowest BCUT2D eigenvalue weighted by atomic mass is 10.1. The molecule has 0 aliphatic carbocycles. The lowest BCUT2D eigenvalue weighted by molar-refractivity contribution is -0.128. The minimum Gasteiger partial charge on any atom is -0.492 e. The Hall–Kier alpha value is -1.20. The van der Waals surface area contributed by atoms with Gasteiger partial charge in [0.2, 0.25) is 5.88 Å². The summed E-state index contributed by atoms with van der Waals surface area (Å²) >= 11 is 0. The van der Waals surface area contributed by atoms with Crippen LogP contribution in [0, 0.1) is 0 Å². The van der Waals surface area contributed by atoms with Crippen molar-refractivity contribution in [1.82, 2.24) is 9.97 Å². The second kappa shape index (κ2) is 3.51. The van der Waals surface area contributed by atoms with E-state index < -0.39 is 12.6 Å². The minimum absolute atomic E-state index is 0.0792. The zero-order valence-corrected chi connectivity index (χ0v) is 7.81. The van der Waals surface area contributed by atoms with Crippen LogP contribution in [0.5, 0.6) is 5.88 Å². The summed E-state index contributed by atoms with van der Waals surface area (Å²) in [5.41, 5.74) is 0.337. The largest absolute Gasteiger partial charge is 0.492 e. The van der Waals surface area contributed by atoms with Crippen LogP contribution in [0.2, 0.25) is 0 Å². The summed E-state index contributed by atoms with van der Waals surface area (Å²) in [5.74, 6) is -0.678. The van der Waals surface area contributed by atoms with Crippen LogP contribution in [0.3, 0.4) is 0 Å². The number of H-pyrrole nitrogens is 1. The van der Waals surface area contributed by atoms with Crippen molar-refractivity contribution in [2.24, 2.45) is 0 Å². The highest BCUT2D eigenvalue weighted by atomic mass is 19.4. The first-order chi connectivity index (χ1) is 6.29. The maximum atomic E-state index is 11.9. The smallest absolute Gasteiger partial charge is 0.396 e. The molecule has 0 radical (unpaired) electrons. The molecule has 0 aliphatic rings. The number of aromatic hydroxyl groups is 1. The molecular weight excluding hydrogens is 197 g/mol. The average Bonchev–Trinajstić information content (AvgIpc) is 2.26. The van der Waals surface area contributed by atoms with Gasteiger partial charge in [-0.15, -0.1) is 0 Å². The standard InChI is InChI=1S/C8H11F3N2O/c1-4(2)6-7(14)13-5(12-6)3-8(9,10)11/h4,14H,3H2,1-2H3,(H,12,13). The second-order valence-corrected chi connectivity index (χ2v) is 3.37. The van der Waals surface area contributed by atoms with Gasteiger partial charge in [0.1, 0.15) is 12.2 Å². The second-order valence-electron chi connectivity index (χ2n) is 3.37. The Kier molecular flexibility index (Phi) is 2.73. The van der Waals surface area contributed by atoms with Crippen LogP contribution in [0.25, 0.3) is 0 Å². The molecule has 6 heteroatoms. The Morgan fingerprint density at radius 1 is 1.43 bits per heavy atom. The van der Waals surface area contributed by atoms with Crippen molar-refractivity contribution in [2.45, 2.75) is 32.4 Å². The third-order valence-electron chi connectivity index (χ3n) is 1.71. The van der Waals surface area contributed by atoms with E-state index in [4.69, 9.17) is 0 Å². The molecule has 80 valence electrons. The van der Waals surface area contributed by atoms with Crippen molar-refractivity contribution >= 4 is 0 Å². The van der Waals surface area contributed by atoms with Crippen LogP contribution in [0.15, 0.2) is 0 Å². The van der Waals surface area contributed by atoms with E-state index in [-0.39, 0.29) is 17.6 Å². The van der Waals surface area contributed by atoms with Crippen LogP contribution in [-0.4, -0.2) is 21.3 Å². The van der Waals surface area contributed by atoms with Crippen molar-refractivity contribution in [3.63, 3.8) is 0 Å². The number of aromatic amines is 1. The maximum absolute atomic E-state index is 11.9. The van der Waals surface area contributed by atoms with Gasteiger partial charge in [-0.2, -0.15) is 18.2 Å². The van der Waals surface area contributed by atoms with E-state index in [0.29, 0.717) is 5.69 Å². The molecule has 0 spiro atoms. The summed E-state index contributed by atoms with van der Waals surface area (Å²) in [4.78, 5) is 5.85. The topological polar surface area (TPSA) is 48.9 Å². The number of hydrogen-bond acceptors (Lipinski definition) is 2. The Balaban J connectivity index is 2.86. The molecule has 0 aromatic carbocycles.